The van der Waals surface area contributed by atoms with Crippen LogP contribution in [0.3, 0.4) is 0 Å². The molecule has 2 aliphatic rings. The van der Waals surface area contributed by atoms with E-state index in [2.05, 4.69) is 35.1 Å². The second-order valence-corrected chi connectivity index (χ2v) is 6.70. The van der Waals surface area contributed by atoms with Crippen LogP contribution in [0.25, 0.3) is 0 Å². The zero-order valence-corrected chi connectivity index (χ0v) is 13.2. The molecule has 1 aromatic heterocycles. The summed E-state index contributed by atoms with van der Waals surface area (Å²) in [4.78, 5) is 6.03. The van der Waals surface area contributed by atoms with Crippen LogP contribution in [0.15, 0.2) is 0 Å². The number of piperazine rings is 1. The number of hydrogen-bond donors (Lipinski definition) is 1. The number of hydrogen-bond acceptors (Lipinski definition) is 2. The maximum absolute atomic E-state index is 9.68. The molecule has 21 heavy (non-hydrogen) atoms. The average molecular weight is 286 g/mol. The Kier molecular flexibility index (Phi) is 4.12. The van der Waals surface area contributed by atoms with E-state index in [0.717, 1.165) is 56.8 Å². The van der Waals surface area contributed by atoms with Gasteiger partial charge in [-0.2, -0.15) is 5.26 Å². The van der Waals surface area contributed by atoms with Crippen molar-refractivity contribution in [1.82, 2.24) is 0 Å². The third kappa shape index (κ3) is 2.75. The van der Waals surface area contributed by atoms with Gasteiger partial charge in [-0.1, -0.05) is 13.8 Å². The van der Waals surface area contributed by atoms with Gasteiger partial charge in [0.15, 0.2) is 0 Å². The third-order valence-corrected chi connectivity index (χ3v) is 4.64. The Bertz CT molecular complexity index is 565. The van der Waals surface area contributed by atoms with Crippen LogP contribution in [0.5, 0.6) is 0 Å². The summed E-state index contributed by atoms with van der Waals surface area (Å²) in [6.45, 7) is 8.84. The van der Waals surface area contributed by atoms with Gasteiger partial charge in [-0.25, -0.2) is 9.88 Å². The van der Waals surface area contributed by atoms with Crippen molar-refractivity contribution < 1.29 is 10.3 Å². The lowest BCUT2D eigenvalue weighted by molar-refractivity contribution is -0.656. The highest BCUT2D eigenvalue weighted by atomic mass is 15.2. The topological polar surface area (TPSA) is 57.8 Å². The number of aromatic nitrogens is 1. The van der Waals surface area contributed by atoms with Crippen molar-refractivity contribution in [3.8, 4) is 6.07 Å². The van der Waals surface area contributed by atoms with Crippen molar-refractivity contribution in [2.24, 2.45) is 5.92 Å². The van der Waals surface area contributed by atoms with Crippen molar-refractivity contribution >= 4 is 5.82 Å². The first-order valence-electron chi connectivity index (χ1n) is 8.27. The summed E-state index contributed by atoms with van der Waals surface area (Å²) in [5, 5.41) is 12.0. The number of anilines is 1. The smallest absolute Gasteiger partial charge is 0.293 e. The summed E-state index contributed by atoms with van der Waals surface area (Å²) in [7, 11) is 0. The van der Waals surface area contributed by atoms with Crippen LogP contribution in [0.2, 0.25) is 0 Å². The summed E-state index contributed by atoms with van der Waals surface area (Å²) >= 11 is 0. The van der Waals surface area contributed by atoms with E-state index in [1.165, 1.54) is 23.2 Å². The summed E-state index contributed by atoms with van der Waals surface area (Å²) < 4.78 is 0. The number of nitrogens with zero attached hydrogens (tertiary/aromatic N) is 2. The normalized spacial score (nSPS) is 17.9. The van der Waals surface area contributed by atoms with Gasteiger partial charge in [0.25, 0.3) is 5.82 Å². The van der Waals surface area contributed by atoms with E-state index in [1.54, 1.807) is 0 Å². The monoisotopic (exact) mass is 286 g/mol. The predicted molar refractivity (Wildman–Crippen MR) is 82.2 cm³/mol. The molecule has 1 fully saturated rings. The summed E-state index contributed by atoms with van der Waals surface area (Å²) in [6, 6.07) is 2.49. The highest BCUT2D eigenvalue weighted by Gasteiger charge is 2.31. The highest BCUT2D eigenvalue weighted by Crippen LogP contribution is 2.31. The molecule has 0 aromatic carbocycles. The minimum Gasteiger partial charge on any atom is -0.340 e. The predicted octanol–water partition coefficient (Wildman–Crippen LogP) is 0.443. The lowest BCUT2D eigenvalue weighted by Gasteiger charge is -2.22. The van der Waals surface area contributed by atoms with Crippen LogP contribution >= 0.6 is 0 Å². The van der Waals surface area contributed by atoms with Crippen molar-refractivity contribution in [2.45, 2.75) is 39.5 Å². The number of rotatable bonds is 3. The first-order valence-corrected chi connectivity index (χ1v) is 8.27. The number of nitriles is 1. The third-order valence-electron chi connectivity index (χ3n) is 4.64. The second-order valence-electron chi connectivity index (χ2n) is 6.70. The molecule has 1 aliphatic carbocycles. The molecule has 0 spiro atoms. The van der Waals surface area contributed by atoms with Gasteiger partial charge in [-0.3, -0.25) is 0 Å². The SMILES string of the molecule is CC(C)Cc1[nH+]c(N2CC[NH2+]CC2)c(C#N)c2c1CCC2. The van der Waals surface area contributed by atoms with Gasteiger partial charge < -0.3 is 5.32 Å². The van der Waals surface area contributed by atoms with Crippen molar-refractivity contribution in [2.75, 3.05) is 31.1 Å². The molecule has 3 rings (SSSR count). The second kappa shape index (κ2) is 6.03. The maximum Gasteiger partial charge on any atom is 0.293 e. The van der Waals surface area contributed by atoms with Gasteiger partial charge in [0.05, 0.1) is 0 Å². The van der Waals surface area contributed by atoms with E-state index in [4.69, 9.17) is 0 Å². The zero-order chi connectivity index (χ0) is 14.8. The number of nitrogens with one attached hydrogen (secondary N) is 1. The lowest BCUT2D eigenvalue weighted by atomic mass is 9.97. The fourth-order valence-corrected chi connectivity index (χ4v) is 3.69. The van der Waals surface area contributed by atoms with Gasteiger partial charge in [0, 0.05) is 6.42 Å². The number of pyridine rings is 1. The molecule has 4 nitrogen and oxygen atoms in total. The average Bonchev–Trinajstić information content (AvgIpc) is 2.97. The van der Waals surface area contributed by atoms with Crippen LogP contribution in [0.1, 0.15) is 42.7 Å². The molecule has 4 heteroatoms. The van der Waals surface area contributed by atoms with Gasteiger partial charge in [0.1, 0.15) is 43.5 Å². The number of fused-ring (bicyclic) bond motifs is 1. The molecule has 0 radical (unpaired) electrons. The Hall–Kier alpha value is -1.60. The Balaban J connectivity index is 2.07. The van der Waals surface area contributed by atoms with Crippen LogP contribution < -0.4 is 15.2 Å². The maximum atomic E-state index is 9.68. The highest BCUT2D eigenvalue weighted by molar-refractivity contribution is 5.58. The Morgan fingerprint density at radius 3 is 2.62 bits per heavy atom. The van der Waals surface area contributed by atoms with Gasteiger partial charge in [-0.05, 0) is 36.3 Å². The molecule has 0 bridgehead atoms. The van der Waals surface area contributed by atoms with Crippen LogP contribution in [0, 0.1) is 17.2 Å². The molecule has 112 valence electrons. The van der Waals surface area contributed by atoms with E-state index in [0.29, 0.717) is 5.92 Å². The van der Waals surface area contributed by atoms with E-state index in [9.17, 15) is 5.26 Å². The number of aromatic amines is 1. The molecular weight excluding hydrogens is 260 g/mol. The fourth-order valence-electron chi connectivity index (χ4n) is 3.69. The Morgan fingerprint density at radius 2 is 1.95 bits per heavy atom. The molecule has 0 saturated carbocycles. The standard InChI is InChI=1S/C17H24N4/c1-12(2)10-16-14-5-3-4-13(14)15(11-18)17(20-16)21-8-6-19-7-9-21/h12,19H,3-10H2,1-2H3/p+2. The Labute approximate surface area is 127 Å². The van der Waals surface area contributed by atoms with E-state index in [-0.39, 0.29) is 0 Å². The van der Waals surface area contributed by atoms with Crippen molar-refractivity contribution in [3.05, 3.63) is 22.4 Å². The lowest BCUT2D eigenvalue weighted by Crippen LogP contribution is -2.90. The van der Waals surface area contributed by atoms with Crippen LogP contribution in [-0.2, 0) is 19.3 Å². The fraction of sp³-hybridized carbons (Fsp3) is 0.647. The first-order chi connectivity index (χ1) is 10.2. The van der Waals surface area contributed by atoms with Gasteiger partial charge in [0.2, 0.25) is 0 Å². The molecule has 1 saturated heterocycles. The molecule has 0 unspecified atom stereocenters. The van der Waals surface area contributed by atoms with Crippen LogP contribution in [-0.4, -0.2) is 26.2 Å². The van der Waals surface area contributed by atoms with Crippen LogP contribution in [0.4, 0.5) is 5.82 Å². The zero-order valence-electron chi connectivity index (χ0n) is 13.2. The van der Waals surface area contributed by atoms with E-state index >= 15 is 0 Å². The summed E-state index contributed by atoms with van der Waals surface area (Å²) in [5.41, 5.74) is 5.06. The minimum absolute atomic E-state index is 0.640. The van der Waals surface area contributed by atoms with Gasteiger partial charge in [-0.15, -0.1) is 0 Å². The molecule has 0 atom stereocenters. The molecule has 3 N–H and O–H groups in total. The Morgan fingerprint density at radius 1 is 1.24 bits per heavy atom. The number of quaternary nitrogens is 1. The molecular formula is C17H26N4+2. The van der Waals surface area contributed by atoms with Crippen molar-refractivity contribution in [3.63, 3.8) is 0 Å². The summed E-state index contributed by atoms with van der Waals surface area (Å²) in [6.07, 6.45) is 4.49. The number of H-pyrrole nitrogens is 1. The van der Waals surface area contributed by atoms with E-state index in [1.807, 2.05) is 0 Å². The van der Waals surface area contributed by atoms with Gasteiger partial charge >= 0.3 is 0 Å². The quantitative estimate of drug-likeness (QED) is 0.877. The molecule has 2 heterocycles. The number of nitrogens with two attached hydrogens (primary N) is 1. The largest absolute Gasteiger partial charge is 0.340 e. The van der Waals surface area contributed by atoms with E-state index < -0.39 is 0 Å². The molecule has 1 aliphatic heterocycles. The van der Waals surface area contributed by atoms with Crippen molar-refractivity contribution in [1.29, 1.82) is 5.26 Å². The first kappa shape index (κ1) is 14.3. The molecule has 0 amide bonds. The minimum atomic E-state index is 0.640. The molecule has 1 aromatic rings. The summed E-state index contributed by atoms with van der Waals surface area (Å²) in [5.74, 6) is 1.73.